The van der Waals surface area contributed by atoms with E-state index in [1.165, 1.54) is 22.9 Å². The molecule has 0 aliphatic heterocycles. The van der Waals surface area contributed by atoms with Crippen LogP contribution in [0.25, 0.3) is 16.9 Å². The van der Waals surface area contributed by atoms with Crippen molar-refractivity contribution in [3.05, 3.63) is 60.4 Å². The average Bonchev–Trinajstić information content (AvgIpc) is 2.99. The van der Waals surface area contributed by atoms with Gasteiger partial charge in [-0.2, -0.15) is 0 Å². The highest BCUT2D eigenvalue weighted by Crippen LogP contribution is 2.28. The first-order valence-electron chi connectivity index (χ1n) is 7.26. The number of hydrogen-bond acceptors (Lipinski definition) is 4. The van der Waals surface area contributed by atoms with E-state index in [-0.39, 0.29) is 16.4 Å². The maximum absolute atomic E-state index is 14.2. The molecular weight excluding hydrogens is 345 g/mol. The molecule has 1 heterocycles. The summed E-state index contributed by atoms with van der Waals surface area (Å²) in [6.07, 6.45) is 1.60. The second-order valence-corrected chi connectivity index (χ2v) is 7.35. The van der Waals surface area contributed by atoms with Crippen molar-refractivity contribution in [2.45, 2.75) is 4.90 Å². The maximum atomic E-state index is 14.2. The molecule has 0 spiro atoms. The third-order valence-corrected chi connectivity index (χ3v) is 4.70. The van der Waals surface area contributed by atoms with Crippen molar-refractivity contribution in [1.29, 1.82) is 0 Å². The van der Waals surface area contributed by atoms with Gasteiger partial charge in [0.1, 0.15) is 11.5 Å². The van der Waals surface area contributed by atoms with E-state index in [4.69, 9.17) is 0 Å². The molecule has 0 bridgehead atoms. The van der Waals surface area contributed by atoms with Gasteiger partial charge < -0.3 is 5.32 Å². The van der Waals surface area contributed by atoms with Crippen molar-refractivity contribution in [3.63, 3.8) is 0 Å². The van der Waals surface area contributed by atoms with Gasteiger partial charge in [-0.15, -0.1) is 5.10 Å². The van der Waals surface area contributed by atoms with Crippen molar-refractivity contribution in [1.82, 2.24) is 9.78 Å². The lowest BCUT2D eigenvalue weighted by Crippen LogP contribution is -2.03. The molecule has 3 aromatic rings. The van der Waals surface area contributed by atoms with Gasteiger partial charge in [0, 0.05) is 17.9 Å². The number of halogens is 1. The van der Waals surface area contributed by atoms with Crippen LogP contribution in [0.3, 0.4) is 0 Å². The lowest BCUT2D eigenvalue weighted by Gasteiger charge is -2.09. The van der Waals surface area contributed by atoms with Gasteiger partial charge in [0.05, 0.1) is 10.6 Å². The van der Waals surface area contributed by atoms with Crippen molar-refractivity contribution in [3.8, 4) is 16.9 Å². The predicted octanol–water partition coefficient (Wildman–Crippen LogP) is 2.65. The number of carbonyl (C=O) groups is 1. The first-order valence-corrected chi connectivity index (χ1v) is 9.15. The SMILES string of the molecule is CS(=O)(=O)c1ccc(-c2cc(NC=O)nn2-c2ccccc2F)cc1. The van der Waals surface area contributed by atoms with E-state index >= 15 is 0 Å². The number of hydrogen-bond donors (Lipinski definition) is 1. The number of nitrogens with zero attached hydrogens (tertiary/aromatic N) is 2. The van der Waals surface area contributed by atoms with E-state index < -0.39 is 15.7 Å². The van der Waals surface area contributed by atoms with Crippen LogP contribution in [-0.2, 0) is 14.6 Å². The third-order valence-electron chi connectivity index (χ3n) is 3.58. The normalized spacial score (nSPS) is 11.3. The molecule has 1 amide bonds. The molecule has 0 unspecified atom stereocenters. The number of aromatic nitrogens is 2. The molecule has 0 saturated carbocycles. The summed E-state index contributed by atoms with van der Waals surface area (Å²) < 4.78 is 38.7. The van der Waals surface area contributed by atoms with Gasteiger partial charge in [-0.3, -0.25) is 4.79 Å². The fourth-order valence-electron chi connectivity index (χ4n) is 2.40. The van der Waals surface area contributed by atoms with Gasteiger partial charge in [-0.25, -0.2) is 17.5 Å². The Morgan fingerprint density at radius 2 is 1.80 bits per heavy atom. The summed E-state index contributed by atoms with van der Waals surface area (Å²) in [5.74, 6) is -0.224. The smallest absolute Gasteiger partial charge is 0.212 e. The van der Waals surface area contributed by atoms with Crippen LogP contribution in [0.1, 0.15) is 0 Å². The molecule has 0 aliphatic carbocycles. The first-order chi connectivity index (χ1) is 11.9. The molecular formula is C17H14FN3O3S. The molecule has 0 atom stereocenters. The van der Waals surface area contributed by atoms with Gasteiger partial charge in [-0.1, -0.05) is 24.3 Å². The minimum atomic E-state index is -3.32. The number of carbonyl (C=O) groups excluding carboxylic acids is 1. The van der Waals surface area contributed by atoms with Gasteiger partial charge in [-0.05, 0) is 24.3 Å². The monoisotopic (exact) mass is 359 g/mol. The molecule has 0 aliphatic rings. The molecule has 2 aromatic carbocycles. The zero-order valence-corrected chi connectivity index (χ0v) is 14.0. The van der Waals surface area contributed by atoms with Crippen molar-refractivity contribution >= 4 is 22.1 Å². The minimum Gasteiger partial charge on any atom is -0.312 e. The Labute approximate surface area is 143 Å². The van der Waals surface area contributed by atoms with Crippen LogP contribution >= 0.6 is 0 Å². The number of para-hydroxylation sites is 1. The Hall–Kier alpha value is -3.00. The second-order valence-electron chi connectivity index (χ2n) is 5.34. The van der Waals surface area contributed by atoms with Crippen LogP contribution in [0, 0.1) is 5.82 Å². The molecule has 6 nitrogen and oxygen atoms in total. The number of amides is 1. The van der Waals surface area contributed by atoms with E-state index in [9.17, 15) is 17.6 Å². The summed E-state index contributed by atoms with van der Waals surface area (Å²) in [5, 5.41) is 6.63. The fourth-order valence-corrected chi connectivity index (χ4v) is 3.03. The molecule has 0 radical (unpaired) electrons. The summed E-state index contributed by atoms with van der Waals surface area (Å²) in [7, 11) is -3.32. The number of benzene rings is 2. The Kier molecular flexibility index (Phi) is 4.37. The Morgan fingerprint density at radius 1 is 1.12 bits per heavy atom. The first kappa shape index (κ1) is 16.8. The Balaban J connectivity index is 2.15. The maximum Gasteiger partial charge on any atom is 0.212 e. The highest BCUT2D eigenvalue weighted by atomic mass is 32.2. The third kappa shape index (κ3) is 3.43. The number of rotatable bonds is 5. The van der Waals surface area contributed by atoms with Crippen LogP contribution in [0.5, 0.6) is 0 Å². The highest BCUT2D eigenvalue weighted by Gasteiger charge is 2.15. The number of nitrogens with one attached hydrogen (secondary N) is 1. The standard InChI is InChI=1S/C17H14FN3O3S/c1-25(23,24)13-8-6-12(7-9-13)16-10-17(19-11-22)20-21(16)15-5-3-2-4-14(15)18/h2-11H,1H3,(H,19,20,22). The molecule has 1 aromatic heterocycles. The van der Waals surface area contributed by atoms with E-state index in [1.54, 1.807) is 36.4 Å². The zero-order chi connectivity index (χ0) is 18.0. The van der Waals surface area contributed by atoms with Crippen LogP contribution in [-0.4, -0.2) is 30.9 Å². The number of sulfone groups is 1. The summed E-state index contributed by atoms with van der Waals surface area (Å²) in [6.45, 7) is 0. The average molecular weight is 359 g/mol. The predicted molar refractivity (Wildman–Crippen MR) is 91.8 cm³/mol. The van der Waals surface area contributed by atoms with Crippen LogP contribution in [0.15, 0.2) is 59.5 Å². The van der Waals surface area contributed by atoms with Gasteiger partial charge >= 0.3 is 0 Å². The topological polar surface area (TPSA) is 81.1 Å². The molecule has 8 heteroatoms. The van der Waals surface area contributed by atoms with Gasteiger partial charge in [0.2, 0.25) is 6.41 Å². The lowest BCUT2D eigenvalue weighted by atomic mass is 10.1. The molecule has 25 heavy (non-hydrogen) atoms. The van der Waals surface area contributed by atoms with E-state index in [2.05, 4.69) is 10.4 Å². The zero-order valence-electron chi connectivity index (χ0n) is 13.2. The summed E-state index contributed by atoms with van der Waals surface area (Å²) in [6, 6.07) is 13.8. The molecule has 0 fully saturated rings. The van der Waals surface area contributed by atoms with Crippen molar-refractivity contribution < 1.29 is 17.6 Å². The minimum absolute atomic E-state index is 0.180. The van der Waals surface area contributed by atoms with Gasteiger partial charge in [0.25, 0.3) is 0 Å². The molecule has 1 N–H and O–H groups in total. The largest absolute Gasteiger partial charge is 0.312 e. The van der Waals surface area contributed by atoms with E-state index in [0.717, 1.165) is 6.26 Å². The van der Waals surface area contributed by atoms with E-state index in [0.29, 0.717) is 17.7 Å². The Bertz CT molecular complexity index is 1030. The number of anilines is 1. The Morgan fingerprint density at radius 3 is 2.40 bits per heavy atom. The summed E-state index contributed by atoms with van der Waals surface area (Å²) in [5.41, 5.74) is 1.35. The molecule has 3 rings (SSSR count). The van der Waals surface area contributed by atoms with Crippen LogP contribution in [0.4, 0.5) is 10.2 Å². The van der Waals surface area contributed by atoms with Crippen LogP contribution < -0.4 is 5.32 Å². The van der Waals surface area contributed by atoms with Crippen molar-refractivity contribution in [2.75, 3.05) is 11.6 Å². The highest BCUT2D eigenvalue weighted by molar-refractivity contribution is 7.90. The molecule has 0 saturated heterocycles. The summed E-state index contributed by atoms with van der Waals surface area (Å²) >= 11 is 0. The van der Waals surface area contributed by atoms with Crippen LogP contribution in [0.2, 0.25) is 0 Å². The molecule has 128 valence electrons. The van der Waals surface area contributed by atoms with Gasteiger partial charge in [0.15, 0.2) is 15.7 Å². The van der Waals surface area contributed by atoms with Crippen molar-refractivity contribution in [2.24, 2.45) is 0 Å². The lowest BCUT2D eigenvalue weighted by molar-refractivity contribution is -0.105. The quantitative estimate of drug-likeness (QED) is 0.710. The second kappa shape index (κ2) is 6.48. The fraction of sp³-hybridized carbons (Fsp3) is 0.0588. The van der Waals surface area contributed by atoms with E-state index in [1.807, 2.05) is 0 Å². The summed E-state index contributed by atoms with van der Waals surface area (Å²) in [4.78, 5) is 10.9.